The van der Waals surface area contributed by atoms with E-state index in [1.807, 2.05) is 24.3 Å². The van der Waals surface area contributed by atoms with Crippen molar-refractivity contribution in [1.82, 2.24) is 10.3 Å². The first-order valence-electron chi connectivity index (χ1n) is 7.06. The zero-order valence-electron chi connectivity index (χ0n) is 11.9. The van der Waals surface area contributed by atoms with Gasteiger partial charge in [-0.05, 0) is 24.1 Å². The molecule has 2 heterocycles. The fraction of sp³-hybridized carbons (Fsp3) is 0.267. The summed E-state index contributed by atoms with van der Waals surface area (Å²) >= 11 is 1.37. The van der Waals surface area contributed by atoms with Crippen LogP contribution >= 0.6 is 11.3 Å². The van der Waals surface area contributed by atoms with Crippen LogP contribution in [0.15, 0.2) is 35.8 Å². The van der Waals surface area contributed by atoms with Gasteiger partial charge in [0, 0.05) is 36.8 Å². The molecule has 1 aliphatic rings. The third-order valence-corrected chi connectivity index (χ3v) is 4.12. The van der Waals surface area contributed by atoms with Crippen molar-refractivity contribution < 1.29 is 9.59 Å². The summed E-state index contributed by atoms with van der Waals surface area (Å²) in [4.78, 5) is 29.2. The number of hydrogen-bond acceptors (Lipinski definition) is 4. The smallest absolute Gasteiger partial charge is 0.321 e. The second kappa shape index (κ2) is 6.57. The number of thiazole rings is 1. The molecule has 0 saturated carbocycles. The largest absolute Gasteiger partial charge is 0.334 e. The summed E-state index contributed by atoms with van der Waals surface area (Å²) in [5, 5.41) is 7.80. The first kappa shape index (κ1) is 14.5. The molecule has 2 aromatic rings. The van der Waals surface area contributed by atoms with Crippen molar-refractivity contribution in [3.8, 4) is 0 Å². The summed E-state index contributed by atoms with van der Waals surface area (Å²) in [5.41, 5.74) is 1.89. The maximum Gasteiger partial charge on any atom is 0.321 e. The quantitative estimate of drug-likeness (QED) is 0.910. The minimum atomic E-state index is -0.284. The Kier molecular flexibility index (Phi) is 4.34. The number of nitrogens with one attached hydrogen (secondary N) is 2. The first-order valence-corrected chi connectivity index (χ1v) is 7.94. The molecule has 114 valence electrons. The van der Waals surface area contributed by atoms with Crippen LogP contribution < -0.4 is 15.5 Å². The van der Waals surface area contributed by atoms with Crippen LogP contribution in [0.3, 0.4) is 0 Å². The topological polar surface area (TPSA) is 74.3 Å². The summed E-state index contributed by atoms with van der Waals surface area (Å²) in [6.07, 6.45) is 3.18. The van der Waals surface area contributed by atoms with Gasteiger partial charge in [-0.25, -0.2) is 9.78 Å². The molecular formula is C15H16N4O2S. The Morgan fingerprint density at radius 3 is 2.77 bits per heavy atom. The highest BCUT2D eigenvalue weighted by atomic mass is 32.1. The van der Waals surface area contributed by atoms with Crippen molar-refractivity contribution in [3.05, 3.63) is 41.4 Å². The van der Waals surface area contributed by atoms with E-state index in [4.69, 9.17) is 0 Å². The maximum atomic E-state index is 11.7. The molecule has 0 aliphatic carbocycles. The average Bonchev–Trinajstić information content (AvgIpc) is 3.17. The Morgan fingerprint density at radius 1 is 1.32 bits per heavy atom. The fourth-order valence-electron chi connectivity index (χ4n) is 2.32. The maximum absolute atomic E-state index is 11.7. The molecule has 3 amide bonds. The molecule has 2 N–H and O–H groups in total. The van der Waals surface area contributed by atoms with Gasteiger partial charge in [-0.1, -0.05) is 12.1 Å². The number of amides is 3. The summed E-state index contributed by atoms with van der Waals surface area (Å²) in [6, 6.07) is 7.39. The fourth-order valence-corrected chi connectivity index (χ4v) is 2.85. The van der Waals surface area contributed by atoms with E-state index in [0.717, 1.165) is 24.2 Å². The van der Waals surface area contributed by atoms with E-state index in [9.17, 15) is 9.59 Å². The van der Waals surface area contributed by atoms with Gasteiger partial charge in [0.1, 0.15) is 0 Å². The van der Waals surface area contributed by atoms with Gasteiger partial charge in [0.2, 0.25) is 5.91 Å². The van der Waals surface area contributed by atoms with Crippen LogP contribution in [0.25, 0.3) is 0 Å². The van der Waals surface area contributed by atoms with Crippen LogP contribution in [0.5, 0.6) is 0 Å². The van der Waals surface area contributed by atoms with Crippen molar-refractivity contribution in [2.24, 2.45) is 0 Å². The van der Waals surface area contributed by atoms with Crippen LogP contribution in [-0.4, -0.2) is 23.5 Å². The molecule has 1 saturated heterocycles. The monoisotopic (exact) mass is 316 g/mol. The summed E-state index contributed by atoms with van der Waals surface area (Å²) < 4.78 is 0. The van der Waals surface area contributed by atoms with E-state index >= 15 is 0 Å². The predicted octanol–water partition coefficient (Wildman–Crippen LogP) is 2.59. The molecule has 0 atom stereocenters. The number of carbonyl (C=O) groups excluding carboxylic acids is 2. The zero-order chi connectivity index (χ0) is 15.4. The summed E-state index contributed by atoms with van der Waals surface area (Å²) in [6.45, 7) is 1.21. The molecule has 0 bridgehead atoms. The van der Waals surface area contributed by atoms with Gasteiger partial charge in [-0.2, -0.15) is 0 Å². The molecule has 3 rings (SSSR count). The molecule has 1 aromatic heterocycles. The SMILES string of the molecule is O=C(NCc1ccc(N2CCCC2=O)cc1)Nc1nccs1. The number of benzene rings is 1. The third-order valence-electron chi connectivity index (χ3n) is 3.43. The standard InChI is InChI=1S/C15H16N4O2S/c20-13-2-1-8-19(13)12-5-3-11(4-6-12)10-17-14(21)18-15-16-7-9-22-15/h3-7,9H,1-2,8,10H2,(H2,16,17,18,21). The molecule has 0 unspecified atom stereocenters. The minimum Gasteiger partial charge on any atom is -0.334 e. The molecule has 1 fully saturated rings. The highest BCUT2D eigenvalue weighted by molar-refractivity contribution is 7.13. The Balaban J connectivity index is 1.52. The van der Waals surface area contributed by atoms with Gasteiger partial charge in [0.25, 0.3) is 0 Å². The lowest BCUT2D eigenvalue weighted by Crippen LogP contribution is -2.28. The zero-order valence-corrected chi connectivity index (χ0v) is 12.7. The minimum absolute atomic E-state index is 0.175. The Morgan fingerprint density at radius 2 is 2.14 bits per heavy atom. The van der Waals surface area contributed by atoms with E-state index in [0.29, 0.717) is 18.1 Å². The van der Waals surface area contributed by atoms with Gasteiger partial charge in [0.15, 0.2) is 5.13 Å². The van der Waals surface area contributed by atoms with Crippen molar-refractivity contribution in [2.45, 2.75) is 19.4 Å². The van der Waals surface area contributed by atoms with Gasteiger partial charge >= 0.3 is 6.03 Å². The van der Waals surface area contributed by atoms with Gasteiger partial charge in [-0.3, -0.25) is 10.1 Å². The van der Waals surface area contributed by atoms with E-state index < -0.39 is 0 Å². The van der Waals surface area contributed by atoms with E-state index in [-0.39, 0.29) is 11.9 Å². The highest BCUT2D eigenvalue weighted by Gasteiger charge is 2.21. The number of nitrogens with zero attached hydrogens (tertiary/aromatic N) is 2. The Bertz CT molecular complexity index is 655. The molecule has 22 heavy (non-hydrogen) atoms. The molecular weight excluding hydrogens is 300 g/mol. The number of hydrogen-bond donors (Lipinski definition) is 2. The van der Waals surface area contributed by atoms with E-state index in [1.165, 1.54) is 11.3 Å². The summed E-state index contributed by atoms with van der Waals surface area (Å²) in [7, 11) is 0. The van der Waals surface area contributed by atoms with Gasteiger partial charge in [0.05, 0.1) is 0 Å². The predicted molar refractivity (Wildman–Crippen MR) is 86.0 cm³/mol. The van der Waals surface area contributed by atoms with Crippen LogP contribution in [0.2, 0.25) is 0 Å². The van der Waals surface area contributed by atoms with Crippen molar-refractivity contribution >= 4 is 34.1 Å². The molecule has 0 radical (unpaired) electrons. The lowest BCUT2D eigenvalue weighted by atomic mass is 10.2. The lowest BCUT2D eigenvalue weighted by molar-refractivity contribution is -0.117. The second-order valence-electron chi connectivity index (χ2n) is 4.96. The van der Waals surface area contributed by atoms with Crippen LogP contribution in [0, 0.1) is 0 Å². The second-order valence-corrected chi connectivity index (χ2v) is 5.85. The molecule has 6 nitrogen and oxygen atoms in total. The highest BCUT2D eigenvalue weighted by Crippen LogP contribution is 2.21. The number of carbonyl (C=O) groups is 2. The third kappa shape index (κ3) is 3.43. The molecule has 7 heteroatoms. The Hall–Kier alpha value is -2.41. The molecule has 1 aromatic carbocycles. The van der Waals surface area contributed by atoms with Crippen LogP contribution in [0.4, 0.5) is 15.6 Å². The number of anilines is 2. The average molecular weight is 316 g/mol. The number of rotatable bonds is 4. The Labute approximate surface area is 132 Å². The van der Waals surface area contributed by atoms with E-state index in [1.54, 1.807) is 16.5 Å². The van der Waals surface area contributed by atoms with Crippen LogP contribution in [-0.2, 0) is 11.3 Å². The lowest BCUT2D eigenvalue weighted by Gasteiger charge is -2.16. The normalized spacial score (nSPS) is 14.2. The van der Waals surface area contributed by atoms with Crippen molar-refractivity contribution in [3.63, 3.8) is 0 Å². The van der Waals surface area contributed by atoms with E-state index in [2.05, 4.69) is 15.6 Å². The van der Waals surface area contributed by atoms with Crippen molar-refractivity contribution in [2.75, 3.05) is 16.8 Å². The first-order chi connectivity index (χ1) is 10.7. The van der Waals surface area contributed by atoms with Gasteiger partial charge < -0.3 is 10.2 Å². The summed E-state index contributed by atoms with van der Waals surface area (Å²) in [5.74, 6) is 0.175. The van der Waals surface area contributed by atoms with Crippen molar-refractivity contribution in [1.29, 1.82) is 0 Å². The van der Waals surface area contributed by atoms with Crippen LogP contribution in [0.1, 0.15) is 18.4 Å². The van der Waals surface area contributed by atoms with Gasteiger partial charge in [-0.15, -0.1) is 11.3 Å². The number of urea groups is 1. The number of aromatic nitrogens is 1. The molecule has 1 aliphatic heterocycles. The molecule has 0 spiro atoms.